The molecule has 0 fully saturated rings. The van der Waals surface area contributed by atoms with E-state index in [4.69, 9.17) is 11.6 Å². The topological polar surface area (TPSA) is 46.2 Å². The van der Waals surface area contributed by atoms with E-state index in [-0.39, 0.29) is 0 Å². The van der Waals surface area contributed by atoms with E-state index in [2.05, 4.69) is 5.32 Å². The van der Waals surface area contributed by atoms with Crippen LogP contribution in [0.5, 0.6) is 0 Å². The molecular weight excluding hydrogens is 270 g/mol. The van der Waals surface area contributed by atoms with Gasteiger partial charge in [-0.15, -0.1) is 0 Å². The SMILES string of the molecule is Cc1cc(Cl)ccc1CNCC(C)(C)S(C)(=O)=O. The van der Waals surface area contributed by atoms with Crippen LogP contribution in [0, 0.1) is 6.92 Å². The van der Waals surface area contributed by atoms with E-state index in [0.29, 0.717) is 18.1 Å². The first-order valence-corrected chi connectivity index (χ1v) is 8.06. The second kappa shape index (κ2) is 5.59. The molecule has 0 aliphatic carbocycles. The highest BCUT2D eigenvalue weighted by molar-refractivity contribution is 7.92. The highest BCUT2D eigenvalue weighted by Gasteiger charge is 2.29. The Kier molecular flexibility index (Phi) is 4.81. The van der Waals surface area contributed by atoms with Crippen LogP contribution in [-0.4, -0.2) is 26.0 Å². The fourth-order valence-electron chi connectivity index (χ4n) is 1.49. The highest BCUT2D eigenvalue weighted by Crippen LogP contribution is 2.16. The lowest BCUT2D eigenvalue weighted by Gasteiger charge is -2.23. The van der Waals surface area contributed by atoms with Gasteiger partial charge in [-0.2, -0.15) is 0 Å². The van der Waals surface area contributed by atoms with Crippen LogP contribution in [-0.2, 0) is 16.4 Å². The van der Waals surface area contributed by atoms with Gasteiger partial charge >= 0.3 is 0 Å². The second-order valence-electron chi connectivity index (χ2n) is 5.21. The Balaban J connectivity index is 2.62. The average molecular weight is 290 g/mol. The Hall–Kier alpha value is -0.580. The van der Waals surface area contributed by atoms with Crippen molar-refractivity contribution in [2.45, 2.75) is 32.1 Å². The van der Waals surface area contributed by atoms with E-state index in [1.807, 2.05) is 25.1 Å². The van der Waals surface area contributed by atoms with Crippen LogP contribution in [0.15, 0.2) is 18.2 Å². The van der Waals surface area contributed by atoms with Crippen molar-refractivity contribution in [3.05, 3.63) is 34.3 Å². The lowest BCUT2D eigenvalue weighted by molar-refractivity contribution is 0.521. The first-order chi connectivity index (χ1) is 8.13. The Morgan fingerprint density at radius 1 is 1.33 bits per heavy atom. The molecule has 5 heteroatoms. The third-order valence-electron chi connectivity index (χ3n) is 3.17. The largest absolute Gasteiger partial charge is 0.311 e. The van der Waals surface area contributed by atoms with Crippen LogP contribution in [0.4, 0.5) is 0 Å². The Morgan fingerprint density at radius 2 is 1.94 bits per heavy atom. The third-order valence-corrected chi connectivity index (χ3v) is 5.56. The zero-order chi connectivity index (χ0) is 14.0. The summed E-state index contributed by atoms with van der Waals surface area (Å²) in [6.07, 6.45) is 1.27. The monoisotopic (exact) mass is 289 g/mol. The van der Waals surface area contributed by atoms with E-state index in [1.165, 1.54) is 6.26 Å². The molecule has 1 aromatic rings. The van der Waals surface area contributed by atoms with Crippen LogP contribution in [0.3, 0.4) is 0 Å². The molecule has 0 saturated heterocycles. The number of hydrogen-bond donors (Lipinski definition) is 1. The molecule has 1 rings (SSSR count). The molecule has 0 atom stereocenters. The summed E-state index contributed by atoms with van der Waals surface area (Å²) in [5.41, 5.74) is 2.23. The zero-order valence-corrected chi connectivity index (χ0v) is 12.8. The van der Waals surface area contributed by atoms with Crippen LogP contribution < -0.4 is 5.32 Å². The molecular formula is C13H20ClNO2S. The molecule has 0 radical (unpaired) electrons. The maximum absolute atomic E-state index is 11.5. The van der Waals surface area contributed by atoms with Gasteiger partial charge in [0.2, 0.25) is 0 Å². The minimum absolute atomic E-state index is 0.425. The first-order valence-electron chi connectivity index (χ1n) is 5.79. The van der Waals surface area contributed by atoms with E-state index in [9.17, 15) is 8.42 Å². The van der Waals surface area contributed by atoms with E-state index in [0.717, 1.165) is 11.1 Å². The van der Waals surface area contributed by atoms with Crippen molar-refractivity contribution in [1.29, 1.82) is 0 Å². The van der Waals surface area contributed by atoms with Gasteiger partial charge in [0.1, 0.15) is 0 Å². The van der Waals surface area contributed by atoms with Gasteiger partial charge in [-0.3, -0.25) is 0 Å². The quantitative estimate of drug-likeness (QED) is 0.906. The first kappa shape index (κ1) is 15.5. The van der Waals surface area contributed by atoms with Crippen molar-refractivity contribution < 1.29 is 8.42 Å². The van der Waals surface area contributed by atoms with Gasteiger partial charge in [-0.1, -0.05) is 17.7 Å². The molecule has 1 aromatic carbocycles. The van der Waals surface area contributed by atoms with Gasteiger partial charge in [-0.05, 0) is 44.0 Å². The van der Waals surface area contributed by atoms with Crippen molar-refractivity contribution in [2.75, 3.05) is 12.8 Å². The summed E-state index contributed by atoms with van der Waals surface area (Å²) in [5, 5.41) is 3.90. The Labute approximate surface area is 114 Å². The lowest BCUT2D eigenvalue weighted by atomic mass is 10.1. The number of nitrogens with one attached hydrogen (secondary N) is 1. The lowest BCUT2D eigenvalue weighted by Crippen LogP contribution is -2.41. The Morgan fingerprint density at radius 3 is 2.44 bits per heavy atom. The van der Waals surface area contributed by atoms with Crippen LogP contribution in [0.25, 0.3) is 0 Å². The number of aryl methyl sites for hydroxylation is 1. The van der Waals surface area contributed by atoms with E-state index >= 15 is 0 Å². The molecule has 0 saturated carbocycles. The van der Waals surface area contributed by atoms with Crippen LogP contribution >= 0.6 is 11.6 Å². The van der Waals surface area contributed by atoms with Gasteiger partial charge in [-0.25, -0.2) is 8.42 Å². The number of sulfone groups is 1. The second-order valence-corrected chi connectivity index (χ2v) is 8.29. The summed E-state index contributed by atoms with van der Waals surface area (Å²) in [7, 11) is -3.06. The summed E-state index contributed by atoms with van der Waals surface area (Å²) < 4.78 is 22.3. The summed E-state index contributed by atoms with van der Waals surface area (Å²) in [6, 6.07) is 5.70. The molecule has 0 unspecified atom stereocenters. The average Bonchev–Trinajstić information content (AvgIpc) is 2.19. The predicted molar refractivity (Wildman–Crippen MR) is 76.8 cm³/mol. The minimum Gasteiger partial charge on any atom is -0.311 e. The molecule has 0 bridgehead atoms. The van der Waals surface area contributed by atoms with E-state index in [1.54, 1.807) is 13.8 Å². The van der Waals surface area contributed by atoms with Crippen molar-refractivity contribution >= 4 is 21.4 Å². The normalized spacial score (nSPS) is 12.7. The van der Waals surface area contributed by atoms with E-state index < -0.39 is 14.6 Å². The van der Waals surface area contributed by atoms with Gasteiger partial charge < -0.3 is 5.32 Å². The smallest absolute Gasteiger partial charge is 0.153 e. The number of hydrogen-bond acceptors (Lipinski definition) is 3. The predicted octanol–water partition coefficient (Wildman–Crippen LogP) is 2.56. The molecule has 0 heterocycles. The molecule has 102 valence electrons. The summed E-state index contributed by atoms with van der Waals surface area (Å²) in [6.45, 7) is 6.51. The van der Waals surface area contributed by atoms with Crippen molar-refractivity contribution in [1.82, 2.24) is 5.32 Å². The summed E-state index contributed by atoms with van der Waals surface area (Å²) >= 11 is 5.88. The Bertz CT molecular complexity index is 524. The highest BCUT2D eigenvalue weighted by atomic mass is 35.5. The molecule has 18 heavy (non-hydrogen) atoms. The number of rotatable bonds is 5. The maximum Gasteiger partial charge on any atom is 0.153 e. The number of halogens is 1. The van der Waals surface area contributed by atoms with Gasteiger partial charge in [0, 0.05) is 24.4 Å². The molecule has 0 aliphatic heterocycles. The molecule has 0 aromatic heterocycles. The number of benzene rings is 1. The van der Waals surface area contributed by atoms with Gasteiger partial charge in [0.05, 0.1) is 4.75 Å². The molecule has 1 N–H and O–H groups in total. The molecule has 0 amide bonds. The fourth-order valence-corrected chi connectivity index (χ4v) is 2.08. The van der Waals surface area contributed by atoms with Gasteiger partial charge in [0.25, 0.3) is 0 Å². The molecule has 0 aliphatic rings. The van der Waals surface area contributed by atoms with Crippen molar-refractivity contribution in [3.63, 3.8) is 0 Å². The third kappa shape index (κ3) is 3.97. The van der Waals surface area contributed by atoms with Gasteiger partial charge in [0.15, 0.2) is 9.84 Å². The summed E-state index contributed by atoms with van der Waals surface area (Å²) in [4.78, 5) is 0. The minimum atomic E-state index is -3.06. The van der Waals surface area contributed by atoms with Crippen molar-refractivity contribution in [2.24, 2.45) is 0 Å². The standard InChI is InChI=1S/C13H20ClNO2S/c1-10-7-12(14)6-5-11(10)8-15-9-13(2,3)18(4,16)17/h5-7,15H,8-9H2,1-4H3. The molecule has 3 nitrogen and oxygen atoms in total. The van der Waals surface area contributed by atoms with Crippen molar-refractivity contribution in [3.8, 4) is 0 Å². The van der Waals surface area contributed by atoms with Crippen LogP contribution in [0.1, 0.15) is 25.0 Å². The zero-order valence-electron chi connectivity index (χ0n) is 11.2. The fraction of sp³-hybridized carbons (Fsp3) is 0.538. The molecule has 0 spiro atoms. The maximum atomic E-state index is 11.5. The summed E-state index contributed by atoms with van der Waals surface area (Å²) in [5.74, 6) is 0. The van der Waals surface area contributed by atoms with Crippen LogP contribution in [0.2, 0.25) is 5.02 Å².